The van der Waals surface area contributed by atoms with Crippen LogP contribution in [0.4, 0.5) is 0 Å². The lowest BCUT2D eigenvalue weighted by molar-refractivity contribution is 0.0872. The third-order valence-corrected chi connectivity index (χ3v) is 5.01. The van der Waals surface area contributed by atoms with Crippen molar-refractivity contribution in [1.29, 1.82) is 0 Å². The van der Waals surface area contributed by atoms with Gasteiger partial charge < -0.3 is 15.0 Å². The van der Waals surface area contributed by atoms with Gasteiger partial charge in [-0.15, -0.1) is 0 Å². The van der Waals surface area contributed by atoms with Gasteiger partial charge in [-0.2, -0.15) is 0 Å². The smallest absolute Gasteiger partial charge is 0.251 e. The van der Waals surface area contributed by atoms with Gasteiger partial charge in [-0.1, -0.05) is 0 Å². The summed E-state index contributed by atoms with van der Waals surface area (Å²) >= 11 is 0. The Morgan fingerprint density at radius 1 is 1.33 bits per heavy atom. The number of carbonyl (C=O) groups excluding carboxylic acids is 1. The van der Waals surface area contributed by atoms with E-state index in [1.807, 2.05) is 16.8 Å². The highest BCUT2D eigenvalue weighted by Crippen LogP contribution is 2.39. The van der Waals surface area contributed by atoms with Gasteiger partial charge in [0.1, 0.15) is 0 Å². The predicted octanol–water partition coefficient (Wildman–Crippen LogP) is 1.72. The first-order chi connectivity index (χ1) is 11.7. The van der Waals surface area contributed by atoms with Crippen LogP contribution >= 0.6 is 0 Å². The zero-order chi connectivity index (χ0) is 16.5. The van der Waals surface area contributed by atoms with E-state index in [4.69, 9.17) is 0 Å². The van der Waals surface area contributed by atoms with Crippen molar-refractivity contribution in [2.45, 2.75) is 50.3 Å². The number of aromatic nitrogens is 3. The van der Waals surface area contributed by atoms with Gasteiger partial charge in [0.05, 0.1) is 18.5 Å². The maximum atomic E-state index is 12.5. The van der Waals surface area contributed by atoms with Crippen molar-refractivity contribution in [3.05, 3.63) is 48.3 Å². The van der Waals surface area contributed by atoms with Crippen molar-refractivity contribution >= 4 is 5.91 Å². The lowest BCUT2D eigenvalue weighted by Gasteiger charge is -2.16. The summed E-state index contributed by atoms with van der Waals surface area (Å²) in [5.41, 5.74) is 1.64. The van der Waals surface area contributed by atoms with E-state index in [0.717, 1.165) is 31.5 Å². The van der Waals surface area contributed by atoms with E-state index >= 15 is 0 Å². The van der Waals surface area contributed by atoms with Crippen LogP contribution in [0.15, 0.2) is 37.1 Å². The number of aliphatic hydroxyl groups excluding tert-OH is 1. The molecule has 0 aromatic carbocycles. The van der Waals surface area contributed by atoms with Gasteiger partial charge in [-0.3, -0.25) is 9.78 Å². The molecule has 1 amide bonds. The highest BCUT2D eigenvalue weighted by Gasteiger charge is 2.34. The molecule has 2 heterocycles. The molecule has 0 saturated heterocycles. The molecule has 0 radical (unpaired) electrons. The molecular formula is C18H22N4O2. The van der Waals surface area contributed by atoms with Crippen molar-refractivity contribution in [2.24, 2.45) is 5.92 Å². The van der Waals surface area contributed by atoms with Crippen LogP contribution in [0, 0.1) is 5.92 Å². The van der Waals surface area contributed by atoms with Crippen LogP contribution in [0.25, 0.3) is 0 Å². The molecule has 6 nitrogen and oxygen atoms in total. The highest BCUT2D eigenvalue weighted by atomic mass is 16.3. The van der Waals surface area contributed by atoms with Gasteiger partial charge in [0.2, 0.25) is 0 Å². The molecule has 6 heteroatoms. The fourth-order valence-corrected chi connectivity index (χ4v) is 3.56. The second-order valence-corrected chi connectivity index (χ2v) is 6.99. The standard InChI is InChI=1S/C18H22N4O2/c23-17-8-12(10-22-6-5-19-11-22)7-16(17)21-18(24)14-3-4-20-15(9-14)13-1-2-13/h3-6,9,11-13,16-17,23H,1-2,7-8,10H2,(H,21,24)/t12?,16-,17-/m1/s1. The summed E-state index contributed by atoms with van der Waals surface area (Å²) in [6, 6.07) is 3.44. The Morgan fingerprint density at radius 2 is 2.21 bits per heavy atom. The Bertz CT molecular complexity index is 712. The molecule has 2 aromatic heterocycles. The summed E-state index contributed by atoms with van der Waals surface area (Å²) in [4.78, 5) is 20.9. The lowest BCUT2D eigenvalue weighted by atomic mass is 10.1. The zero-order valence-electron chi connectivity index (χ0n) is 13.5. The first-order valence-corrected chi connectivity index (χ1v) is 8.59. The summed E-state index contributed by atoms with van der Waals surface area (Å²) in [6.07, 6.45) is 10.5. The molecule has 2 aromatic rings. The Kier molecular flexibility index (Phi) is 4.06. The molecule has 2 saturated carbocycles. The van der Waals surface area contributed by atoms with Crippen molar-refractivity contribution in [1.82, 2.24) is 19.9 Å². The number of hydrogen-bond acceptors (Lipinski definition) is 4. The lowest BCUT2D eigenvalue weighted by Crippen LogP contribution is -2.40. The SMILES string of the molecule is O=C(N[C@@H]1CC(Cn2ccnc2)C[C@H]1O)c1ccnc(C2CC2)c1. The van der Waals surface area contributed by atoms with Gasteiger partial charge in [0, 0.05) is 42.3 Å². The van der Waals surface area contributed by atoms with Crippen LogP contribution in [0.5, 0.6) is 0 Å². The minimum atomic E-state index is -0.493. The molecular weight excluding hydrogens is 304 g/mol. The van der Waals surface area contributed by atoms with Crippen molar-refractivity contribution in [3.63, 3.8) is 0 Å². The number of aliphatic hydroxyl groups is 1. The first-order valence-electron chi connectivity index (χ1n) is 8.59. The summed E-state index contributed by atoms with van der Waals surface area (Å²) < 4.78 is 2.02. The summed E-state index contributed by atoms with van der Waals surface area (Å²) in [6.45, 7) is 0.824. The van der Waals surface area contributed by atoms with E-state index in [1.54, 1.807) is 24.8 Å². The molecule has 126 valence electrons. The molecule has 0 spiro atoms. The summed E-state index contributed by atoms with van der Waals surface area (Å²) in [7, 11) is 0. The van der Waals surface area contributed by atoms with E-state index in [-0.39, 0.29) is 11.9 Å². The van der Waals surface area contributed by atoms with Crippen LogP contribution in [-0.4, -0.2) is 37.7 Å². The second-order valence-electron chi connectivity index (χ2n) is 6.99. The van der Waals surface area contributed by atoms with Gasteiger partial charge in [0.15, 0.2) is 0 Å². The van der Waals surface area contributed by atoms with Crippen molar-refractivity contribution < 1.29 is 9.90 Å². The predicted molar refractivity (Wildman–Crippen MR) is 88.4 cm³/mol. The third kappa shape index (κ3) is 3.33. The monoisotopic (exact) mass is 326 g/mol. The van der Waals surface area contributed by atoms with Crippen LogP contribution in [0.2, 0.25) is 0 Å². The van der Waals surface area contributed by atoms with E-state index in [9.17, 15) is 9.90 Å². The number of amides is 1. The van der Waals surface area contributed by atoms with Gasteiger partial charge in [0.25, 0.3) is 5.91 Å². The minimum absolute atomic E-state index is 0.119. The first kappa shape index (κ1) is 15.3. The highest BCUT2D eigenvalue weighted by molar-refractivity contribution is 5.94. The Morgan fingerprint density at radius 3 is 2.96 bits per heavy atom. The number of nitrogens with zero attached hydrogens (tertiary/aromatic N) is 3. The fraction of sp³-hybridized carbons (Fsp3) is 0.500. The Balaban J connectivity index is 1.37. The maximum absolute atomic E-state index is 12.5. The second kappa shape index (κ2) is 6.36. The van der Waals surface area contributed by atoms with Crippen LogP contribution in [-0.2, 0) is 6.54 Å². The van der Waals surface area contributed by atoms with Gasteiger partial charge in [-0.05, 0) is 43.7 Å². The molecule has 4 rings (SSSR count). The molecule has 24 heavy (non-hydrogen) atoms. The average molecular weight is 326 g/mol. The molecule has 2 aliphatic carbocycles. The third-order valence-electron chi connectivity index (χ3n) is 5.01. The Hall–Kier alpha value is -2.21. The quantitative estimate of drug-likeness (QED) is 0.877. The Labute approximate surface area is 140 Å². The van der Waals surface area contributed by atoms with E-state index < -0.39 is 6.10 Å². The number of carbonyl (C=O) groups is 1. The van der Waals surface area contributed by atoms with E-state index in [2.05, 4.69) is 15.3 Å². The summed E-state index contributed by atoms with van der Waals surface area (Å²) in [5, 5.41) is 13.3. The van der Waals surface area contributed by atoms with Gasteiger partial charge in [-0.25, -0.2) is 4.98 Å². The van der Waals surface area contributed by atoms with E-state index in [0.29, 0.717) is 23.8 Å². The topological polar surface area (TPSA) is 80.0 Å². The number of pyridine rings is 1. The number of hydrogen-bond donors (Lipinski definition) is 2. The molecule has 2 N–H and O–H groups in total. The van der Waals surface area contributed by atoms with Crippen molar-refractivity contribution in [3.8, 4) is 0 Å². The average Bonchev–Trinajstić information content (AvgIpc) is 3.22. The van der Waals surface area contributed by atoms with Crippen LogP contribution in [0.1, 0.15) is 47.7 Å². The number of nitrogens with one attached hydrogen (secondary N) is 1. The number of imidazole rings is 1. The van der Waals surface area contributed by atoms with Crippen molar-refractivity contribution in [2.75, 3.05) is 0 Å². The largest absolute Gasteiger partial charge is 0.391 e. The molecule has 0 aliphatic heterocycles. The normalized spacial score (nSPS) is 26.5. The molecule has 0 bridgehead atoms. The zero-order valence-corrected chi connectivity index (χ0v) is 13.5. The van der Waals surface area contributed by atoms with E-state index in [1.165, 1.54) is 0 Å². The van der Waals surface area contributed by atoms with Crippen LogP contribution in [0.3, 0.4) is 0 Å². The maximum Gasteiger partial charge on any atom is 0.251 e. The summed E-state index contributed by atoms with van der Waals surface area (Å²) in [5.74, 6) is 0.750. The van der Waals surface area contributed by atoms with Crippen LogP contribution < -0.4 is 5.32 Å². The molecule has 3 atom stereocenters. The fourth-order valence-electron chi connectivity index (χ4n) is 3.56. The number of rotatable bonds is 5. The minimum Gasteiger partial charge on any atom is -0.391 e. The molecule has 2 aliphatic rings. The molecule has 1 unspecified atom stereocenters. The molecule has 2 fully saturated rings. The van der Waals surface area contributed by atoms with Gasteiger partial charge >= 0.3 is 0 Å².